The number of nitrogens with one attached hydrogen (secondary N) is 1. The number of likely N-dealkylation sites (tertiary alicyclic amines) is 1. The first kappa shape index (κ1) is 23.6. The average molecular weight is 465 g/mol. The van der Waals surface area contributed by atoms with Gasteiger partial charge in [-0.15, -0.1) is 0 Å². The van der Waals surface area contributed by atoms with Crippen LogP contribution in [-0.2, 0) is 20.9 Å². The molecule has 0 radical (unpaired) electrons. The van der Waals surface area contributed by atoms with Crippen LogP contribution in [0.1, 0.15) is 42.2 Å². The molecule has 1 aliphatic heterocycles. The van der Waals surface area contributed by atoms with Gasteiger partial charge < -0.3 is 19.5 Å². The quantitative estimate of drug-likeness (QED) is 0.545. The maximum atomic E-state index is 13.3. The maximum Gasteiger partial charge on any atom is 0.270 e. The van der Waals surface area contributed by atoms with Gasteiger partial charge in [0.05, 0.1) is 25.2 Å². The van der Waals surface area contributed by atoms with Crippen LogP contribution in [-0.4, -0.2) is 57.9 Å². The standard InChI is InChI=1S/C25H28N4O5/c1-15(2)10-21(27-24(31)20-9-8-17-6-4-5-7-19(17)26-20)25(32)29-12-22(30)23(13-29)33-14-18-11-16(3)34-28-18/h4-9,11,15,21,23H,10,12-14H2,1-3H3,(H,27,31). The Morgan fingerprint density at radius 1 is 1.24 bits per heavy atom. The third kappa shape index (κ3) is 5.48. The first-order chi connectivity index (χ1) is 16.3. The summed E-state index contributed by atoms with van der Waals surface area (Å²) in [6, 6.07) is 11.9. The average Bonchev–Trinajstić information content (AvgIpc) is 3.40. The van der Waals surface area contributed by atoms with E-state index < -0.39 is 18.1 Å². The molecule has 2 aromatic heterocycles. The molecule has 0 aliphatic carbocycles. The summed E-state index contributed by atoms with van der Waals surface area (Å²) in [6.07, 6.45) is -0.300. The van der Waals surface area contributed by atoms with Gasteiger partial charge in [-0.05, 0) is 31.4 Å². The van der Waals surface area contributed by atoms with Gasteiger partial charge in [-0.25, -0.2) is 4.98 Å². The van der Waals surface area contributed by atoms with E-state index in [1.807, 2.05) is 44.2 Å². The van der Waals surface area contributed by atoms with Gasteiger partial charge in [-0.1, -0.05) is 43.3 Å². The Morgan fingerprint density at radius 3 is 2.76 bits per heavy atom. The van der Waals surface area contributed by atoms with Crippen LogP contribution in [0.15, 0.2) is 47.0 Å². The lowest BCUT2D eigenvalue weighted by molar-refractivity contribution is -0.133. The second-order valence-electron chi connectivity index (χ2n) is 8.96. The fraction of sp³-hybridized carbons (Fsp3) is 0.400. The Kier molecular flexibility index (Phi) is 7.02. The van der Waals surface area contributed by atoms with Gasteiger partial charge in [0.1, 0.15) is 29.3 Å². The van der Waals surface area contributed by atoms with E-state index in [4.69, 9.17) is 9.26 Å². The van der Waals surface area contributed by atoms with Crippen molar-refractivity contribution in [1.29, 1.82) is 0 Å². The third-order valence-corrected chi connectivity index (χ3v) is 5.65. The van der Waals surface area contributed by atoms with Gasteiger partial charge in [0.2, 0.25) is 5.91 Å². The second kappa shape index (κ2) is 10.1. The molecule has 34 heavy (non-hydrogen) atoms. The summed E-state index contributed by atoms with van der Waals surface area (Å²) in [5.74, 6) is -0.107. The number of Topliss-reactive ketones (excluding diaryl/α,β-unsaturated/α-hetero) is 1. The molecule has 9 heteroatoms. The minimum atomic E-state index is -0.773. The number of ketones is 1. The van der Waals surface area contributed by atoms with Crippen molar-refractivity contribution >= 4 is 28.5 Å². The molecule has 3 heterocycles. The van der Waals surface area contributed by atoms with Gasteiger partial charge in [0.25, 0.3) is 5.91 Å². The maximum absolute atomic E-state index is 13.3. The van der Waals surface area contributed by atoms with Crippen molar-refractivity contribution in [3.8, 4) is 0 Å². The summed E-state index contributed by atoms with van der Waals surface area (Å²) in [7, 11) is 0. The molecule has 1 aliphatic rings. The highest BCUT2D eigenvalue weighted by Gasteiger charge is 2.38. The van der Waals surface area contributed by atoms with Crippen LogP contribution in [0, 0.1) is 12.8 Å². The van der Waals surface area contributed by atoms with Gasteiger partial charge in [0, 0.05) is 11.5 Å². The molecule has 2 atom stereocenters. The summed E-state index contributed by atoms with van der Waals surface area (Å²) in [5, 5.41) is 7.61. The van der Waals surface area contributed by atoms with Crippen LogP contribution in [0.4, 0.5) is 0 Å². The Balaban J connectivity index is 1.42. The Labute approximate surface area is 197 Å². The fourth-order valence-corrected chi connectivity index (χ4v) is 3.98. The van der Waals surface area contributed by atoms with Crippen molar-refractivity contribution in [1.82, 2.24) is 20.4 Å². The highest BCUT2D eigenvalue weighted by Crippen LogP contribution is 2.17. The van der Waals surface area contributed by atoms with Gasteiger partial charge >= 0.3 is 0 Å². The summed E-state index contributed by atoms with van der Waals surface area (Å²) in [4.78, 5) is 44.6. The van der Waals surface area contributed by atoms with E-state index in [0.29, 0.717) is 23.4 Å². The number of ether oxygens (including phenoxy) is 1. The second-order valence-corrected chi connectivity index (χ2v) is 8.96. The first-order valence-electron chi connectivity index (χ1n) is 11.3. The molecule has 0 spiro atoms. The highest BCUT2D eigenvalue weighted by molar-refractivity contribution is 5.99. The largest absolute Gasteiger partial charge is 0.362 e. The molecule has 4 rings (SSSR count). The molecule has 0 bridgehead atoms. The number of hydrogen-bond acceptors (Lipinski definition) is 7. The zero-order valence-electron chi connectivity index (χ0n) is 19.5. The topological polar surface area (TPSA) is 115 Å². The minimum Gasteiger partial charge on any atom is -0.362 e. The molecule has 3 aromatic rings. The smallest absolute Gasteiger partial charge is 0.270 e. The van der Waals surface area contributed by atoms with E-state index in [1.54, 1.807) is 19.1 Å². The predicted octanol–water partition coefficient (Wildman–Crippen LogP) is 2.67. The molecule has 178 valence electrons. The minimum absolute atomic E-state index is 0.0555. The summed E-state index contributed by atoms with van der Waals surface area (Å²) in [6.45, 7) is 5.92. The number of carbonyl (C=O) groups excluding carboxylic acids is 3. The Morgan fingerprint density at radius 2 is 2.03 bits per heavy atom. The molecule has 0 saturated carbocycles. The molecular formula is C25H28N4O5. The van der Waals surface area contributed by atoms with Crippen LogP contribution in [0.3, 0.4) is 0 Å². The number of rotatable bonds is 8. The van der Waals surface area contributed by atoms with Crippen molar-refractivity contribution < 1.29 is 23.6 Å². The van der Waals surface area contributed by atoms with Gasteiger partial charge in [-0.2, -0.15) is 0 Å². The number of para-hydroxylation sites is 1. The van der Waals surface area contributed by atoms with Crippen molar-refractivity contribution in [2.24, 2.45) is 5.92 Å². The number of hydrogen-bond donors (Lipinski definition) is 1. The van der Waals surface area contributed by atoms with Crippen LogP contribution in [0.25, 0.3) is 10.9 Å². The normalized spacial score (nSPS) is 16.9. The van der Waals surface area contributed by atoms with Gasteiger partial charge in [-0.3, -0.25) is 14.4 Å². The van der Waals surface area contributed by atoms with Crippen molar-refractivity contribution in [3.05, 3.63) is 59.6 Å². The fourth-order valence-electron chi connectivity index (χ4n) is 3.98. The first-order valence-corrected chi connectivity index (χ1v) is 11.3. The number of amides is 2. The molecule has 1 saturated heterocycles. The number of carbonyl (C=O) groups is 3. The lowest BCUT2D eigenvalue weighted by Gasteiger charge is -2.25. The van der Waals surface area contributed by atoms with Crippen LogP contribution >= 0.6 is 0 Å². The molecular weight excluding hydrogens is 436 g/mol. The zero-order chi connectivity index (χ0) is 24.2. The molecule has 9 nitrogen and oxygen atoms in total. The Bertz CT molecular complexity index is 1200. The number of aryl methyl sites for hydroxylation is 1. The molecule has 1 fully saturated rings. The number of nitrogens with zero attached hydrogens (tertiary/aromatic N) is 3. The predicted molar refractivity (Wildman–Crippen MR) is 124 cm³/mol. The van der Waals surface area contributed by atoms with E-state index in [-0.39, 0.29) is 43.0 Å². The summed E-state index contributed by atoms with van der Waals surface area (Å²) in [5.41, 5.74) is 1.53. The van der Waals surface area contributed by atoms with Crippen molar-refractivity contribution in [3.63, 3.8) is 0 Å². The summed E-state index contributed by atoms with van der Waals surface area (Å²) < 4.78 is 10.7. The van der Waals surface area contributed by atoms with Crippen LogP contribution in [0.5, 0.6) is 0 Å². The van der Waals surface area contributed by atoms with E-state index in [1.165, 1.54) is 4.90 Å². The molecule has 2 amide bonds. The lowest BCUT2D eigenvalue weighted by Crippen LogP contribution is -2.49. The lowest BCUT2D eigenvalue weighted by atomic mass is 10.0. The SMILES string of the molecule is Cc1cc(COC2CN(C(=O)C(CC(C)C)NC(=O)c3ccc4ccccc4n3)CC2=O)no1. The Hall–Kier alpha value is -3.59. The van der Waals surface area contributed by atoms with E-state index in [0.717, 1.165) is 5.39 Å². The van der Waals surface area contributed by atoms with Crippen molar-refractivity contribution in [2.75, 3.05) is 13.1 Å². The number of benzene rings is 1. The number of fused-ring (bicyclic) bond motifs is 1. The zero-order valence-corrected chi connectivity index (χ0v) is 19.5. The van der Waals surface area contributed by atoms with E-state index in [2.05, 4.69) is 15.5 Å². The van der Waals surface area contributed by atoms with Gasteiger partial charge in [0.15, 0.2) is 5.78 Å². The molecule has 2 unspecified atom stereocenters. The van der Waals surface area contributed by atoms with Crippen LogP contribution in [0.2, 0.25) is 0 Å². The monoisotopic (exact) mass is 464 g/mol. The molecule has 1 N–H and O–H groups in total. The third-order valence-electron chi connectivity index (χ3n) is 5.65. The number of pyridine rings is 1. The van der Waals surface area contributed by atoms with Crippen molar-refractivity contribution in [2.45, 2.75) is 45.9 Å². The number of aromatic nitrogens is 2. The van der Waals surface area contributed by atoms with E-state index in [9.17, 15) is 14.4 Å². The van der Waals surface area contributed by atoms with E-state index >= 15 is 0 Å². The molecule has 1 aromatic carbocycles. The highest BCUT2D eigenvalue weighted by atomic mass is 16.5. The summed E-state index contributed by atoms with van der Waals surface area (Å²) >= 11 is 0. The van der Waals surface area contributed by atoms with Crippen LogP contribution < -0.4 is 5.32 Å².